The van der Waals surface area contributed by atoms with Gasteiger partial charge in [0.05, 0.1) is 11.8 Å². The minimum Gasteiger partial charge on any atom is -0.508 e. The molecule has 1 aromatic carbocycles. The van der Waals surface area contributed by atoms with E-state index in [0.29, 0.717) is 6.42 Å². The molecule has 2 aromatic rings. The Bertz CT molecular complexity index is 628. The number of benzene rings is 1. The minimum absolute atomic E-state index is 0.0186. The van der Waals surface area contributed by atoms with Gasteiger partial charge in [0.25, 0.3) is 5.91 Å². The van der Waals surface area contributed by atoms with Crippen molar-refractivity contribution in [3.63, 3.8) is 0 Å². The summed E-state index contributed by atoms with van der Waals surface area (Å²) in [5.74, 6) is -0.790. The number of phenols is 1. The van der Waals surface area contributed by atoms with Gasteiger partial charge in [-0.15, -0.1) is 0 Å². The van der Waals surface area contributed by atoms with Gasteiger partial charge in [-0.2, -0.15) is 0 Å². The lowest BCUT2D eigenvalue weighted by Crippen LogP contribution is -2.36. The van der Waals surface area contributed by atoms with E-state index in [1.165, 1.54) is 17.2 Å². The summed E-state index contributed by atoms with van der Waals surface area (Å²) in [6, 6.07) is 8.09. The Labute approximate surface area is 122 Å². The second-order valence-corrected chi connectivity index (χ2v) is 4.99. The van der Waals surface area contributed by atoms with Crippen LogP contribution >= 0.6 is 0 Å². The van der Waals surface area contributed by atoms with E-state index in [4.69, 9.17) is 0 Å². The molecule has 0 aliphatic heterocycles. The first-order chi connectivity index (χ1) is 9.99. The van der Waals surface area contributed by atoms with Gasteiger partial charge in [0.15, 0.2) is 5.82 Å². The Morgan fingerprint density at radius 1 is 1.33 bits per heavy atom. The molecule has 0 saturated carbocycles. The Morgan fingerprint density at radius 3 is 2.62 bits per heavy atom. The van der Waals surface area contributed by atoms with Crippen molar-refractivity contribution < 1.29 is 14.3 Å². The molecule has 4 nitrogen and oxygen atoms in total. The van der Waals surface area contributed by atoms with Crippen LogP contribution < -0.4 is 0 Å². The fourth-order valence-corrected chi connectivity index (χ4v) is 2.05. The third-order valence-corrected chi connectivity index (χ3v) is 3.45. The van der Waals surface area contributed by atoms with Crippen molar-refractivity contribution in [1.82, 2.24) is 9.88 Å². The van der Waals surface area contributed by atoms with E-state index in [1.807, 2.05) is 6.92 Å². The summed E-state index contributed by atoms with van der Waals surface area (Å²) in [5, 5.41) is 9.26. The average Bonchev–Trinajstić information content (AvgIpc) is 2.48. The average molecular weight is 288 g/mol. The number of amides is 1. The number of halogens is 1. The first-order valence-electron chi connectivity index (χ1n) is 6.63. The molecule has 21 heavy (non-hydrogen) atoms. The number of aromatic hydroxyl groups is 1. The fourth-order valence-electron chi connectivity index (χ4n) is 2.05. The summed E-state index contributed by atoms with van der Waals surface area (Å²) in [7, 11) is 1.65. The molecule has 110 valence electrons. The SMILES string of the molecule is C[C@@H](Cc1ccc(O)cc1)N(C)C(=O)c1ccncc1F. The van der Waals surface area contributed by atoms with Gasteiger partial charge in [0.2, 0.25) is 0 Å². The highest BCUT2D eigenvalue weighted by molar-refractivity contribution is 5.94. The van der Waals surface area contributed by atoms with Gasteiger partial charge in [0.1, 0.15) is 5.75 Å². The monoisotopic (exact) mass is 288 g/mol. The number of rotatable bonds is 4. The minimum atomic E-state index is -0.619. The number of aromatic nitrogens is 1. The van der Waals surface area contributed by atoms with Gasteiger partial charge in [-0.25, -0.2) is 4.39 Å². The zero-order valence-corrected chi connectivity index (χ0v) is 12.0. The van der Waals surface area contributed by atoms with Gasteiger partial charge in [-0.1, -0.05) is 12.1 Å². The van der Waals surface area contributed by atoms with Crippen LogP contribution in [0, 0.1) is 5.82 Å². The van der Waals surface area contributed by atoms with Gasteiger partial charge in [0, 0.05) is 19.3 Å². The quantitative estimate of drug-likeness (QED) is 0.941. The zero-order valence-electron chi connectivity index (χ0n) is 12.0. The lowest BCUT2D eigenvalue weighted by Gasteiger charge is -2.25. The fraction of sp³-hybridized carbons (Fsp3) is 0.250. The van der Waals surface area contributed by atoms with Gasteiger partial charge < -0.3 is 10.0 Å². The first-order valence-corrected chi connectivity index (χ1v) is 6.63. The standard InChI is InChI=1S/C16H17FN2O2/c1-11(9-12-3-5-13(20)6-4-12)19(2)16(21)14-7-8-18-10-15(14)17/h3-8,10-11,20H,9H2,1-2H3/t11-/m0/s1. The number of likely N-dealkylation sites (N-methyl/N-ethyl adjacent to an activating group) is 1. The van der Waals surface area contributed by atoms with E-state index >= 15 is 0 Å². The summed E-state index contributed by atoms with van der Waals surface area (Å²) in [6.07, 6.45) is 3.05. The summed E-state index contributed by atoms with van der Waals surface area (Å²) in [4.78, 5) is 17.4. The van der Waals surface area contributed by atoms with E-state index in [0.717, 1.165) is 11.8 Å². The number of pyridine rings is 1. The van der Waals surface area contributed by atoms with E-state index in [-0.39, 0.29) is 23.3 Å². The molecule has 5 heteroatoms. The maximum Gasteiger partial charge on any atom is 0.256 e. The van der Waals surface area contributed by atoms with Crippen LogP contribution in [0.5, 0.6) is 5.75 Å². The summed E-state index contributed by atoms with van der Waals surface area (Å²) in [6.45, 7) is 1.89. The van der Waals surface area contributed by atoms with Gasteiger partial charge >= 0.3 is 0 Å². The normalized spacial score (nSPS) is 12.0. The predicted octanol–water partition coefficient (Wildman–Crippen LogP) is 2.63. The molecule has 0 aliphatic carbocycles. The maximum atomic E-state index is 13.6. The molecule has 0 radical (unpaired) electrons. The van der Waals surface area contributed by atoms with Crippen molar-refractivity contribution in [2.24, 2.45) is 0 Å². The molecule has 0 aliphatic rings. The first kappa shape index (κ1) is 15.0. The number of hydrogen-bond donors (Lipinski definition) is 1. The van der Waals surface area contributed by atoms with Crippen LogP contribution in [-0.2, 0) is 6.42 Å². The van der Waals surface area contributed by atoms with Crippen LogP contribution in [-0.4, -0.2) is 34.0 Å². The zero-order chi connectivity index (χ0) is 15.4. The third-order valence-electron chi connectivity index (χ3n) is 3.45. The van der Waals surface area contributed by atoms with E-state index in [1.54, 1.807) is 31.3 Å². The lowest BCUT2D eigenvalue weighted by molar-refractivity contribution is 0.0738. The van der Waals surface area contributed by atoms with Crippen LogP contribution in [0.1, 0.15) is 22.8 Å². The molecule has 1 aromatic heterocycles. The third kappa shape index (κ3) is 3.56. The van der Waals surface area contributed by atoms with Gasteiger partial charge in [-0.05, 0) is 37.1 Å². The second-order valence-electron chi connectivity index (χ2n) is 4.99. The molecule has 0 spiro atoms. The van der Waals surface area contributed by atoms with Crippen molar-refractivity contribution >= 4 is 5.91 Å². The number of hydrogen-bond acceptors (Lipinski definition) is 3. The van der Waals surface area contributed by atoms with Gasteiger partial charge in [-0.3, -0.25) is 9.78 Å². The molecule has 0 fully saturated rings. The van der Waals surface area contributed by atoms with Crippen molar-refractivity contribution in [2.45, 2.75) is 19.4 Å². The van der Waals surface area contributed by atoms with Crippen LogP contribution in [0.15, 0.2) is 42.7 Å². The lowest BCUT2D eigenvalue weighted by atomic mass is 10.1. The second kappa shape index (κ2) is 6.35. The summed E-state index contributed by atoms with van der Waals surface area (Å²) >= 11 is 0. The van der Waals surface area contributed by atoms with Crippen molar-refractivity contribution in [2.75, 3.05) is 7.05 Å². The molecular weight excluding hydrogens is 271 g/mol. The largest absolute Gasteiger partial charge is 0.508 e. The number of phenolic OH excluding ortho intramolecular Hbond substituents is 1. The topological polar surface area (TPSA) is 53.4 Å². The smallest absolute Gasteiger partial charge is 0.256 e. The highest BCUT2D eigenvalue weighted by Gasteiger charge is 2.20. The van der Waals surface area contributed by atoms with E-state index in [9.17, 15) is 14.3 Å². The van der Waals surface area contributed by atoms with Crippen molar-refractivity contribution in [3.05, 3.63) is 59.7 Å². The van der Waals surface area contributed by atoms with Crippen molar-refractivity contribution in [1.29, 1.82) is 0 Å². The Balaban J connectivity index is 2.08. The number of carbonyl (C=O) groups excluding carboxylic acids is 1. The summed E-state index contributed by atoms with van der Waals surface area (Å²) < 4.78 is 13.6. The molecular formula is C16H17FN2O2. The molecule has 0 saturated heterocycles. The Morgan fingerprint density at radius 2 is 2.00 bits per heavy atom. The molecule has 1 N–H and O–H groups in total. The Hall–Kier alpha value is -2.43. The van der Waals surface area contributed by atoms with Crippen LogP contribution in [0.2, 0.25) is 0 Å². The van der Waals surface area contributed by atoms with Crippen molar-refractivity contribution in [3.8, 4) is 5.75 Å². The molecule has 1 atom stereocenters. The van der Waals surface area contributed by atoms with Crippen LogP contribution in [0.25, 0.3) is 0 Å². The molecule has 1 heterocycles. The highest BCUT2D eigenvalue weighted by Crippen LogP contribution is 2.15. The molecule has 1 amide bonds. The Kier molecular flexibility index (Phi) is 4.52. The van der Waals surface area contributed by atoms with E-state index in [2.05, 4.69) is 4.98 Å². The van der Waals surface area contributed by atoms with E-state index < -0.39 is 5.82 Å². The van der Waals surface area contributed by atoms with Crippen LogP contribution in [0.3, 0.4) is 0 Å². The number of nitrogens with zero attached hydrogens (tertiary/aromatic N) is 2. The molecule has 2 rings (SSSR count). The molecule has 0 bridgehead atoms. The van der Waals surface area contributed by atoms with Crippen LogP contribution in [0.4, 0.5) is 4.39 Å². The number of carbonyl (C=O) groups is 1. The maximum absolute atomic E-state index is 13.6. The summed E-state index contributed by atoms with van der Waals surface area (Å²) in [5.41, 5.74) is 1.01. The highest BCUT2D eigenvalue weighted by atomic mass is 19.1. The predicted molar refractivity (Wildman–Crippen MR) is 77.6 cm³/mol. The molecule has 0 unspecified atom stereocenters.